The molecule has 2 aromatic carbocycles. The zero-order chi connectivity index (χ0) is 13.5. The first-order chi connectivity index (χ1) is 9.31. The molecule has 0 saturated heterocycles. The molecule has 1 N–H and O–H groups in total. The van der Waals surface area contributed by atoms with Gasteiger partial charge in [0.05, 0.1) is 6.10 Å². The smallest absolute Gasteiger partial charge is 0.0790 e. The van der Waals surface area contributed by atoms with E-state index in [9.17, 15) is 5.11 Å². The van der Waals surface area contributed by atoms with Crippen LogP contribution in [0.15, 0.2) is 55.1 Å². The molecule has 0 spiro atoms. The molecule has 0 aliphatic carbocycles. The van der Waals surface area contributed by atoms with Gasteiger partial charge in [0.15, 0.2) is 0 Å². The Morgan fingerprint density at radius 2 is 1.79 bits per heavy atom. The zero-order valence-electron chi connectivity index (χ0n) is 11.4. The first-order valence-electron chi connectivity index (χ1n) is 7.09. The van der Waals surface area contributed by atoms with Crippen LogP contribution in [0.4, 0.5) is 0 Å². The molecule has 100 valence electrons. The van der Waals surface area contributed by atoms with E-state index in [1.165, 1.54) is 17.2 Å². The fourth-order valence-corrected chi connectivity index (χ4v) is 2.38. The Morgan fingerprint density at radius 3 is 2.58 bits per heavy atom. The number of fused-ring (bicyclic) bond motifs is 1. The van der Waals surface area contributed by atoms with Crippen molar-refractivity contribution in [2.24, 2.45) is 0 Å². The van der Waals surface area contributed by atoms with Gasteiger partial charge in [0.2, 0.25) is 0 Å². The summed E-state index contributed by atoms with van der Waals surface area (Å²) < 4.78 is 0. The lowest BCUT2D eigenvalue weighted by Gasteiger charge is -2.11. The van der Waals surface area contributed by atoms with Crippen molar-refractivity contribution < 1.29 is 5.11 Å². The molecule has 0 bridgehead atoms. The van der Waals surface area contributed by atoms with Crippen LogP contribution in [0.25, 0.3) is 10.8 Å². The molecule has 0 saturated carbocycles. The van der Waals surface area contributed by atoms with E-state index >= 15 is 0 Å². The van der Waals surface area contributed by atoms with Gasteiger partial charge >= 0.3 is 0 Å². The lowest BCUT2D eigenvalue weighted by atomic mass is 9.99. The van der Waals surface area contributed by atoms with Crippen LogP contribution in [0.1, 0.15) is 43.8 Å². The Balaban J connectivity index is 1.93. The lowest BCUT2D eigenvalue weighted by molar-refractivity contribution is 0.163. The van der Waals surface area contributed by atoms with Gasteiger partial charge in [-0.2, -0.15) is 0 Å². The molecule has 0 radical (unpaired) electrons. The molecule has 1 nitrogen and oxygen atoms in total. The second-order valence-electron chi connectivity index (χ2n) is 5.05. The van der Waals surface area contributed by atoms with Gasteiger partial charge in [0.1, 0.15) is 0 Å². The molecule has 19 heavy (non-hydrogen) atoms. The molecule has 1 atom stereocenters. The van der Waals surface area contributed by atoms with E-state index in [0.29, 0.717) is 0 Å². The molecule has 0 aliphatic rings. The highest BCUT2D eigenvalue weighted by Gasteiger charge is 2.07. The van der Waals surface area contributed by atoms with Gasteiger partial charge in [-0.15, -0.1) is 6.58 Å². The highest BCUT2D eigenvalue weighted by atomic mass is 16.3. The van der Waals surface area contributed by atoms with Gasteiger partial charge in [0, 0.05) is 0 Å². The number of benzene rings is 2. The van der Waals surface area contributed by atoms with Crippen LogP contribution in [0, 0.1) is 0 Å². The number of aliphatic hydroxyl groups excluding tert-OH is 1. The van der Waals surface area contributed by atoms with Crippen molar-refractivity contribution in [1.82, 2.24) is 0 Å². The van der Waals surface area contributed by atoms with Gasteiger partial charge in [-0.25, -0.2) is 0 Å². The fourth-order valence-electron chi connectivity index (χ4n) is 2.38. The predicted octanol–water partition coefficient (Wildman–Crippen LogP) is 5.01. The summed E-state index contributed by atoms with van der Waals surface area (Å²) in [6.07, 6.45) is 6.95. The Bertz CT molecular complexity index is 530. The van der Waals surface area contributed by atoms with E-state index in [4.69, 9.17) is 0 Å². The summed E-state index contributed by atoms with van der Waals surface area (Å²) in [6, 6.07) is 14.5. The predicted molar refractivity (Wildman–Crippen MR) is 82.2 cm³/mol. The minimum absolute atomic E-state index is 0.340. The minimum atomic E-state index is -0.340. The quantitative estimate of drug-likeness (QED) is 0.544. The van der Waals surface area contributed by atoms with Crippen molar-refractivity contribution in [3.63, 3.8) is 0 Å². The van der Waals surface area contributed by atoms with Gasteiger partial charge in [0.25, 0.3) is 0 Å². The third kappa shape index (κ3) is 3.93. The molecule has 1 unspecified atom stereocenters. The number of unbranched alkanes of at least 4 members (excludes halogenated alkanes) is 3. The molecule has 0 aliphatic heterocycles. The summed E-state index contributed by atoms with van der Waals surface area (Å²) in [4.78, 5) is 0. The normalized spacial score (nSPS) is 12.5. The minimum Gasteiger partial charge on any atom is -0.388 e. The molecule has 0 fully saturated rings. The average molecular weight is 254 g/mol. The number of hydrogen-bond acceptors (Lipinski definition) is 1. The average Bonchev–Trinajstić information content (AvgIpc) is 2.46. The second kappa shape index (κ2) is 7.10. The maximum atomic E-state index is 10.2. The van der Waals surface area contributed by atoms with E-state index in [-0.39, 0.29) is 6.10 Å². The Kier molecular flexibility index (Phi) is 5.17. The first-order valence-corrected chi connectivity index (χ1v) is 7.09. The maximum Gasteiger partial charge on any atom is 0.0790 e. The van der Waals surface area contributed by atoms with Crippen molar-refractivity contribution in [2.75, 3.05) is 0 Å². The van der Waals surface area contributed by atoms with Crippen molar-refractivity contribution >= 4 is 10.8 Å². The van der Waals surface area contributed by atoms with Crippen LogP contribution in [-0.4, -0.2) is 5.11 Å². The number of allylic oxidation sites excluding steroid dienone is 1. The summed E-state index contributed by atoms with van der Waals surface area (Å²) in [5.41, 5.74) is 1.03. The molecular formula is C18H22O. The van der Waals surface area contributed by atoms with Crippen molar-refractivity contribution in [3.8, 4) is 0 Å². The molecule has 0 amide bonds. The van der Waals surface area contributed by atoms with Gasteiger partial charge in [-0.1, -0.05) is 55.3 Å². The van der Waals surface area contributed by atoms with Gasteiger partial charge in [-0.05, 0) is 41.7 Å². The van der Waals surface area contributed by atoms with E-state index < -0.39 is 0 Å². The summed E-state index contributed by atoms with van der Waals surface area (Å²) in [5.74, 6) is 0. The summed E-state index contributed by atoms with van der Waals surface area (Å²) in [7, 11) is 0. The van der Waals surface area contributed by atoms with Crippen LogP contribution in [-0.2, 0) is 0 Å². The van der Waals surface area contributed by atoms with Gasteiger partial charge < -0.3 is 5.11 Å². The highest BCUT2D eigenvalue weighted by molar-refractivity contribution is 5.83. The highest BCUT2D eigenvalue weighted by Crippen LogP contribution is 2.24. The van der Waals surface area contributed by atoms with Gasteiger partial charge in [-0.3, -0.25) is 0 Å². The monoisotopic (exact) mass is 254 g/mol. The number of rotatable bonds is 7. The lowest BCUT2D eigenvalue weighted by Crippen LogP contribution is -1.97. The van der Waals surface area contributed by atoms with Crippen molar-refractivity contribution in [1.29, 1.82) is 0 Å². The topological polar surface area (TPSA) is 20.2 Å². The Hall–Kier alpha value is -1.60. The van der Waals surface area contributed by atoms with E-state index in [1.807, 2.05) is 24.3 Å². The van der Waals surface area contributed by atoms with E-state index in [2.05, 4.69) is 30.8 Å². The molecule has 2 aromatic rings. The summed E-state index contributed by atoms with van der Waals surface area (Å²) in [6.45, 7) is 3.72. The Labute approximate surface area is 115 Å². The SMILES string of the molecule is C=CCCCCCC(O)c1ccc2ccccc2c1. The summed E-state index contributed by atoms with van der Waals surface area (Å²) >= 11 is 0. The second-order valence-corrected chi connectivity index (χ2v) is 5.05. The third-order valence-corrected chi connectivity index (χ3v) is 3.54. The van der Waals surface area contributed by atoms with Crippen LogP contribution in [0.5, 0.6) is 0 Å². The van der Waals surface area contributed by atoms with Crippen LogP contribution >= 0.6 is 0 Å². The standard InChI is InChI=1S/C18H22O/c1-2-3-4-5-6-11-18(19)17-13-12-15-9-7-8-10-16(15)14-17/h2,7-10,12-14,18-19H,1,3-6,11H2. The summed E-state index contributed by atoms with van der Waals surface area (Å²) in [5, 5.41) is 12.6. The third-order valence-electron chi connectivity index (χ3n) is 3.54. The number of aliphatic hydroxyl groups is 1. The first kappa shape index (κ1) is 13.8. The molecule has 0 aromatic heterocycles. The Morgan fingerprint density at radius 1 is 1.00 bits per heavy atom. The van der Waals surface area contributed by atoms with Crippen LogP contribution in [0.2, 0.25) is 0 Å². The van der Waals surface area contributed by atoms with Crippen molar-refractivity contribution in [3.05, 3.63) is 60.7 Å². The number of hydrogen-bond donors (Lipinski definition) is 1. The maximum absolute atomic E-state index is 10.2. The molecule has 2 rings (SSSR count). The van der Waals surface area contributed by atoms with E-state index in [1.54, 1.807) is 0 Å². The largest absolute Gasteiger partial charge is 0.388 e. The van der Waals surface area contributed by atoms with Crippen molar-refractivity contribution in [2.45, 2.75) is 38.2 Å². The van der Waals surface area contributed by atoms with Crippen LogP contribution < -0.4 is 0 Å². The zero-order valence-corrected chi connectivity index (χ0v) is 11.4. The van der Waals surface area contributed by atoms with E-state index in [0.717, 1.165) is 31.2 Å². The van der Waals surface area contributed by atoms with Crippen LogP contribution in [0.3, 0.4) is 0 Å². The molecular weight excluding hydrogens is 232 g/mol. The fraction of sp³-hybridized carbons (Fsp3) is 0.333. The molecule has 1 heteroatoms. The molecule has 0 heterocycles.